The van der Waals surface area contributed by atoms with Crippen LogP contribution in [0.25, 0.3) is 0 Å². The van der Waals surface area contributed by atoms with E-state index in [0.717, 1.165) is 32.7 Å². The summed E-state index contributed by atoms with van der Waals surface area (Å²) in [6.45, 7) is 8.41. The molecule has 0 radical (unpaired) electrons. The number of rotatable bonds is 7. The topological polar surface area (TPSA) is 21.3 Å². The van der Waals surface area contributed by atoms with E-state index in [2.05, 4.69) is 24.0 Å². The van der Waals surface area contributed by atoms with Crippen LogP contribution in [0.3, 0.4) is 0 Å². The number of ether oxygens (including phenoxy) is 1. The van der Waals surface area contributed by atoms with Crippen molar-refractivity contribution in [2.24, 2.45) is 0 Å². The summed E-state index contributed by atoms with van der Waals surface area (Å²) in [5.41, 5.74) is 0. The summed E-state index contributed by atoms with van der Waals surface area (Å²) in [6, 6.07) is 0. The lowest BCUT2D eigenvalue weighted by Gasteiger charge is -2.22. The first-order valence-electron chi connectivity index (χ1n) is 5.69. The first kappa shape index (κ1) is 12.3. The van der Waals surface area contributed by atoms with Crippen molar-refractivity contribution in [2.75, 3.05) is 32.1 Å². The predicted octanol–water partition coefficient (Wildman–Crippen LogP) is 2.29. The minimum absolute atomic E-state index is 0.506. The molecule has 0 amide bonds. The van der Waals surface area contributed by atoms with Gasteiger partial charge in [0.2, 0.25) is 0 Å². The molecule has 0 aromatic carbocycles. The van der Waals surface area contributed by atoms with Crippen LogP contribution < -0.4 is 5.32 Å². The van der Waals surface area contributed by atoms with E-state index < -0.39 is 0 Å². The van der Waals surface area contributed by atoms with Crippen molar-refractivity contribution in [2.45, 2.75) is 37.9 Å². The Morgan fingerprint density at radius 1 is 1.50 bits per heavy atom. The zero-order valence-electron chi connectivity index (χ0n) is 9.47. The maximum Gasteiger partial charge on any atom is 0.0477 e. The Hall–Kier alpha value is 0.270. The monoisotopic (exact) mass is 217 g/mol. The fraction of sp³-hybridized carbons (Fsp3) is 1.00. The molecule has 0 aromatic heterocycles. The largest absolute Gasteiger partial charge is 0.382 e. The van der Waals surface area contributed by atoms with Gasteiger partial charge in [0.15, 0.2) is 0 Å². The van der Waals surface area contributed by atoms with Crippen molar-refractivity contribution >= 4 is 11.8 Å². The molecule has 14 heavy (non-hydrogen) atoms. The molecule has 1 N–H and O–H groups in total. The average molecular weight is 217 g/mol. The van der Waals surface area contributed by atoms with E-state index in [9.17, 15) is 0 Å². The summed E-state index contributed by atoms with van der Waals surface area (Å²) in [7, 11) is 0. The molecule has 84 valence electrons. The Labute approximate surface area is 92.2 Å². The normalized spacial score (nSPS) is 27.0. The lowest BCUT2D eigenvalue weighted by molar-refractivity contribution is 0.144. The van der Waals surface area contributed by atoms with Gasteiger partial charge in [-0.1, -0.05) is 0 Å². The third kappa shape index (κ3) is 4.67. The molecule has 1 aliphatic heterocycles. The van der Waals surface area contributed by atoms with Crippen LogP contribution in [-0.4, -0.2) is 36.8 Å². The van der Waals surface area contributed by atoms with Gasteiger partial charge in [0, 0.05) is 24.5 Å². The second-order valence-corrected chi connectivity index (χ2v) is 5.81. The smallest absolute Gasteiger partial charge is 0.0477 e. The fourth-order valence-electron chi connectivity index (χ4n) is 1.77. The molecule has 1 unspecified atom stereocenters. The quantitative estimate of drug-likeness (QED) is 0.661. The van der Waals surface area contributed by atoms with Crippen molar-refractivity contribution < 1.29 is 4.74 Å². The van der Waals surface area contributed by atoms with Gasteiger partial charge in [0.1, 0.15) is 0 Å². The van der Waals surface area contributed by atoms with Gasteiger partial charge in [-0.2, -0.15) is 11.8 Å². The zero-order valence-corrected chi connectivity index (χ0v) is 10.3. The van der Waals surface area contributed by atoms with Crippen LogP contribution in [0.5, 0.6) is 0 Å². The fourth-order valence-corrected chi connectivity index (χ4v) is 3.05. The molecule has 0 saturated carbocycles. The Balaban J connectivity index is 1.92. The number of nitrogens with one attached hydrogen (secondary N) is 1. The molecule has 1 atom stereocenters. The highest BCUT2D eigenvalue weighted by atomic mass is 32.2. The Morgan fingerprint density at radius 3 is 3.00 bits per heavy atom. The summed E-state index contributed by atoms with van der Waals surface area (Å²) in [5, 5.41) is 3.53. The highest BCUT2D eigenvalue weighted by molar-refractivity contribution is 8.00. The van der Waals surface area contributed by atoms with E-state index in [1.807, 2.05) is 6.92 Å². The van der Waals surface area contributed by atoms with Gasteiger partial charge in [-0.05, 0) is 45.4 Å². The van der Waals surface area contributed by atoms with Crippen LogP contribution in [0.2, 0.25) is 0 Å². The standard InChI is InChI=1S/C11H23NOS/c1-3-13-8-5-7-12-10-11(2)6-4-9-14-11/h12H,3-10H2,1-2H3. The first-order chi connectivity index (χ1) is 6.77. The summed E-state index contributed by atoms with van der Waals surface area (Å²) in [5.74, 6) is 1.34. The molecule has 1 fully saturated rings. The van der Waals surface area contributed by atoms with Gasteiger partial charge < -0.3 is 10.1 Å². The summed E-state index contributed by atoms with van der Waals surface area (Å²) >= 11 is 2.12. The van der Waals surface area contributed by atoms with Crippen LogP contribution in [0.1, 0.15) is 33.1 Å². The molecule has 1 aliphatic rings. The Bertz CT molecular complexity index is 146. The van der Waals surface area contributed by atoms with Gasteiger partial charge >= 0.3 is 0 Å². The minimum Gasteiger partial charge on any atom is -0.382 e. The van der Waals surface area contributed by atoms with Gasteiger partial charge in [0.05, 0.1) is 0 Å². The highest BCUT2D eigenvalue weighted by Gasteiger charge is 2.28. The summed E-state index contributed by atoms with van der Waals surface area (Å²) in [4.78, 5) is 0. The zero-order chi connectivity index (χ0) is 10.3. The Morgan fingerprint density at radius 2 is 2.36 bits per heavy atom. The van der Waals surface area contributed by atoms with Crippen LogP contribution in [0.15, 0.2) is 0 Å². The second-order valence-electron chi connectivity index (χ2n) is 4.13. The molecule has 0 bridgehead atoms. The van der Waals surface area contributed by atoms with E-state index in [0.29, 0.717) is 4.75 Å². The maximum atomic E-state index is 5.29. The van der Waals surface area contributed by atoms with E-state index in [1.54, 1.807) is 0 Å². The van der Waals surface area contributed by atoms with Crippen molar-refractivity contribution in [3.8, 4) is 0 Å². The molecule has 3 heteroatoms. The van der Waals surface area contributed by atoms with Crippen LogP contribution in [-0.2, 0) is 4.74 Å². The Kier molecular flexibility index (Phi) is 5.90. The third-order valence-electron chi connectivity index (χ3n) is 2.65. The van der Waals surface area contributed by atoms with Crippen molar-refractivity contribution in [1.82, 2.24) is 5.32 Å². The minimum atomic E-state index is 0.506. The van der Waals surface area contributed by atoms with Crippen LogP contribution >= 0.6 is 11.8 Å². The van der Waals surface area contributed by atoms with Crippen LogP contribution in [0.4, 0.5) is 0 Å². The highest BCUT2D eigenvalue weighted by Crippen LogP contribution is 2.36. The molecule has 0 spiro atoms. The molecule has 1 heterocycles. The first-order valence-corrected chi connectivity index (χ1v) is 6.68. The third-order valence-corrected chi connectivity index (χ3v) is 4.18. The lowest BCUT2D eigenvalue weighted by atomic mass is 10.1. The van der Waals surface area contributed by atoms with E-state index in [4.69, 9.17) is 4.74 Å². The number of hydrogen-bond donors (Lipinski definition) is 1. The predicted molar refractivity (Wildman–Crippen MR) is 64.1 cm³/mol. The molecular weight excluding hydrogens is 194 g/mol. The van der Waals surface area contributed by atoms with Crippen molar-refractivity contribution in [3.63, 3.8) is 0 Å². The SMILES string of the molecule is CCOCCCNCC1(C)CCCS1. The molecule has 1 saturated heterocycles. The van der Waals surface area contributed by atoms with Crippen LogP contribution in [0, 0.1) is 0 Å². The van der Waals surface area contributed by atoms with Gasteiger partial charge in [0.25, 0.3) is 0 Å². The van der Waals surface area contributed by atoms with Gasteiger partial charge in [-0.3, -0.25) is 0 Å². The molecule has 0 aliphatic carbocycles. The average Bonchev–Trinajstić information content (AvgIpc) is 2.59. The number of hydrogen-bond acceptors (Lipinski definition) is 3. The molecule has 2 nitrogen and oxygen atoms in total. The van der Waals surface area contributed by atoms with E-state index >= 15 is 0 Å². The van der Waals surface area contributed by atoms with Crippen molar-refractivity contribution in [3.05, 3.63) is 0 Å². The maximum absolute atomic E-state index is 5.29. The number of thioether (sulfide) groups is 1. The molecular formula is C11H23NOS. The second kappa shape index (κ2) is 6.70. The lowest BCUT2D eigenvalue weighted by Crippen LogP contribution is -2.33. The summed E-state index contributed by atoms with van der Waals surface area (Å²) in [6.07, 6.45) is 3.90. The molecule has 1 rings (SSSR count). The van der Waals surface area contributed by atoms with Gasteiger partial charge in [-0.15, -0.1) is 0 Å². The van der Waals surface area contributed by atoms with E-state index in [-0.39, 0.29) is 0 Å². The van der Waals surface area contributed by atoms with Crippen molar-refractivity contribution in [1.29, 1.82) is 0 Å². The molecule has 0 aromatic rings. The summed E-state index contributed by atoms with van der Waals surface area (Å²) < 4.78 is 5.79. The van der Waals surface area contributed by atoms with Gasteiger partial charge in [-0.25, -0.2) is 0 Å². The van der Waals surface area contributed by atoms with E-state index in [1.165, 1.54) is 18.6 Å².